The molecule has 0 saturated carbocycles. The van der Waals surface area contributed by atoms with Crippen molar-refractivity contribution in [2.24, 2.45) is 0 Å². The molecule has 144 valence electrons. The minimum atomic E-state index is -1.80. The molecule has 1 nitrogen and oxygen atoms in total. The van der Waals surface area contributed by atoms with E-state index in [1.807, 2.05) is 0 Å². The molecular weight excluding hydrogens is 538 g/mol. The van der Waals surface area contributed by atoms with Crippen LogP contribution in [-0.4, -0.2) is 18.8 Å². The standard InChI is InChI=1S/C20H40I2OSi/c1-8-9-10-11-12-13-20(14-19(22)15-21)23-24(16(2)3,17(4)5)18(6)7/h14,16-18,20H,8-13,15H2,1-7H3/b19-14+. The normalized spacial score (nSPS) is 14.9. The fourth-order valence-corrected chi connectivity index (χ4v) is 10.2. The van der Waals surface area contributed by atoms with Crippen molar-refractivity contribution in [3.8, 4) is 0 Å². The maximum Gasteiger partial charge on any atom is 0.201 e. The summed E-state index contributed by atoms with van der Waals surface area (Å²) in [6.45, 7) is 16.6. The molecule has 0 bridgehead atoms. The summed E-state index contributed by atoms with van der Waals surface area (Å²) in [4.78, 5) is 0. The Labute approximate surface area is 180 Å². The third kappa shape index (κ3) is 8.38. The second-order valence-electron chi connectivity index (χ2n) is 7.92. The molecule has 0 aromatic heterocycles. The van der Waals surface area contributed by atoms with Gasteiger partial charge < -0.3 is 4.43 Å². The van der Waals surface area contributed by atoms with Crippen molar-refractivity contribution in [2.45, 2.75) is 110 Å². The Kier molecular flexibility index (Phi) is 14.3. The lowest BCUT2D eigenvalue weighted by Crippen LogP contribution is -2.50. The Bertz CT molecular complexity index is 332. The number of rotatable bonds is 13. The number of halogens is 2. The summed E-state index contributed by atoms with van der Waals surface area (Å²) in [7, 11) is -1.80. The SMILES string of the molecule is CCCCCCCC(/C=C(/I)CI)O[Si](C(C)C)(C(C)C)C(C)C. The second-order valence-corrected chi connectivity index (χ2v) is 15.5. The van der Waals surface area contributed by atoms with Crippen LogP contribution >= 0.6 is 45.2 Å². The van der Waals surface area contributed by atoms with Crippen LogP contribution in [0.1, 0.15) is 87.0 Å². The van der Waals surface area contributed by atoms with Crippen LogP contribution in [0.3, 0.4) is 0 Å². The predicted molar refractivity (Wildman–Crippen MR) is 130 cm³/mol. The third-order valence-corrected chi connectivity index (χ3v) is 14.3. The van der Waals surface area contributed by atoms with E-state index in [2.05, 4.69) is 99.7 Å². The van der Waals surface area contributed by atoms with E-state index in [0.29, 0.717) is 22.7 Å². The first-order chi connectivity index (χ1) is 11.2. The molecule has 0 aromatic rings. The highest BCUT2D eigenvalue weighted by atomic mass is 127. The molecule has 0 rings (SSSR count). The van der Waals surface area contributed by atoms with Gasteiger partial charge in [0.25, 0.3) is 0 Å². The molecule has 1 atom stereocenters. The van der Waals surface area contributed by atoms with E-state index in [0.717, 1.165) is 4.43 Å². The topological polar surface area (TPSA) is 9.23 Å². The van der Waals surface area contributed by atoms with Crippen molar-refractivity contribution in [3.63, 3.8) is 0 Å². The highest BCUT2D eigenvalue weighted by molar-refractivity contribution is 14.1. The molecule has 0 radical (unpaired) electrons. The number of allylic oxidation sites excluding steroid dienone is 1. The van der Waals surface area contributed by atoms with Crippen LogP contribution in [0.5, 0.6) is 0 Å². The quantitative estimate of drug-likeness (QED) is 0.0920. The highest BCUT2D eigenvalue weighted by Crippen LogP contribution is 2.43. The van der Waals surface area contributed by atoms with Crippen molar-refractivity contribution in [1.29, 1.82) is 0 Å². The minimum absolute atomic E-state index is 0.312. The maximum absolute atomic E-state index is 7.06. The lowest BCUT2D eigenvalue weighted by Gasteiger charge is -2.44. The van der Waals surface area contributed by atoms with Gasteiger partial charge in [-0.1, -0.05) is 103 Å². The highest BCUT2D eigenvalue weighted by Gasteiger charge is 2.46. The molecule has 0 spiro atoms. The van der Waals surface area contributed by atoms with Crippen LogP contribution in [-0.2, 0) is 4.43 Å². The molecule has 0 aliphatic rings. The predicted octanol–water partition coefficient (Wildman–Crippen LogP) is 8.66. The molecule has 0 fully saturated rings. The van der Waals surface area contributed by atoms with Crippen molar-refractivity contribution in [1.82, 2.24) is 0 Å². The number of hydrogen-bond acceptors (Lipinski definition) is 1. The third-order valence-electron chi connectivity index (χ3n) is 5.15. The smallest absolute Gasteiger partial charge is 0.201 e. The van der Waals surface area contributed by atoms with Crippen LogP contribution in [0.4, 0.5) is 0 Å². The van der Waals surface area contributed by atoms with Gasteiger partial charge in [-0.3, -0.25) is 0 Å². The second kappa shape index (κ2) is 13.5. The summed E-state index contributed by atoms with van der Waals surface area (Å²) in [6, 6.07) is 0. The number of unbranched alkanes of at least 4 members (excludes halogenated alkanes) is 4. The molecular formula is C20H40I2OSi. The number of hydrogen-bond donors (Lipinski definition) is 0. The molecule has 0 heterocycles. The Morgan fingerprint density at radius 3 is 1.83 bits per heavy atom. The lowest BCUT2D eigenvalue weighted by molar-refractivity contribution is 0.202. The zero-order valence-corrected chi connectivity index (χ0v) is 22.3. The van der Waals surface area contributed by atoms with Crippen LogP contribution in [0.2, 0.25) is 16.6 Å². The van der Waals surface area contributed by atoms with E-state index in [4.69, 9.17) is 4.43 Å². The molecule has 0 amide bonds. The van der Waals surface area contributed by atoms with E-state index in [1.165, 1.54) is 42.1 Å². The summed E-state index contributed by atoms with van der Waals surface area (Å²) in [5, 5.41) is 0. The van der Waals surface area contributed by atoms with Crippen LogP contribution in [0.15, 0.2) is 9.66 Å². The molecule has 1 unspecified atom stereocenters. The van der Waals surface area contributed by atoms with Crippen LogP contribution in [0.25, 0.3) is 0 Å². The summed E-state index contributed by atoms with van der Waals surface area (Å²) in [6.07, 6.45) is 10.6. The van der Waals surface area contributed by atoms with Gasteiger partial charge in [0.15, 0.2) is 0 Å². The molecule has 4 heteroatoms. The maximum atomic E-state index is 7.06. The Hall–Kier alpha value is 1.38. The van der Waals surface area contributed by atoms with Gasteiger partial charge in [0.1, 0.15) is 0 Å². The fourth-order valence-electron chi connectivity index (χ4n) is 4.04. The summed E-state index contributed by atoms with van der Waals surface area (Å²) in [5.74, 6) is 0. The van der Waals surface area contributed by atoms with Gasteiger partial charge >= 0.3 is 0 Å². The van der Waals surface area contributed by atoms with Crippen LogP contribution in [0, 0.1) is 0 Å². The Balaban J connectivity index is 5.17. The van der Waals surface area contributed by atoms with Crippen molar-refractivity contribution >= 4 is 53.5 Å². The average molecular weight is 578 g/mol. The van der Waals surface area contributed by atoms with Crippen molar-refractivity contribution in [3.05, 3.63) is 9.66 Å². The zero-order chi connectivity index (χ0) is 18.8. The molecule has 24 heavy (non-hydrogen) atoms. The van der Waals surface area contributed by atoms with E-state index in [1.54, 1.807) is 0 Å². The lowest BCUT2D eigenvalue weighted by atomic mass is 10.1. The van der Waals surface area contributed by atoms with E-state index in [-0.39, 0.29) is 0 Å². The Morgan fingerprint density at radius 2 is 1.42 bits per heavy atom. The van der Waals surface area contributed by atoms with Gasteiger partial charge in [-0.25, -0.2) is 0 Å². The fraction of sp³-hybridized carbons (Fsp3) is 0.900. The van der Waals surface area contributed by atoms with E-state index in [9.17, 15) is 0 Å². The van der Waals surface area contributed by atoms with Crippen LogP contribution < -0.4 is 0 Å². The summed E-state index contributed by atoms with van der Waals surface area (Å²) >= 11 is 4.95. The largest absolute Gasteiger partial charge is 0.410 e. The molecule has 0 aromatic carbocycles. The van der Waals surface area contributed by atoms with Crippen molar-refractivity contribution in [2.75, 3.05) is 4.43 Å². The molecule has 0 aliphatic carbocycles. The summed E-state index contributed by atoms with van der Waals surface area (Å²) < 4.78 is 9.58. The zero-order valence-electron chi connectivity index (χ0n) is 17.0. The first-order valence-electron chi connectivity index (χ1n) is 9.82. The van der Waals surface area contributed by atoms with E-state index < -0.39 is 8.32 Å². The molecule has 0 saturated heterocycles. The monoisotopic (exact) mass is 578 g/mol. The number of alkyl halides is 1. The van der Waals surface area contributed by atoms with Gasteiger partial charge in [0.2, 0.25) is 8.32 Å². The first-order valence-corrected chi connectivity index (χ1v) is 14.6. The minimum Gasteiger partial charge on any atom is -0.410 e. The Morgan fingerprint density at radius 1 is 0.917 bits per heavy atom. The van der Waals surface area contributed by atoms with Crippen molar-refractivity contribution < 1.29 is 4.43 Å². The summed E-state index contributed by atoms with van der Waals surface area (Å²) in [5.41, 5.74) is 1.97. The van der Waals surface area contributed by atoms with Gasteiger partial charge in [0, 0.05) is 4.43 Å². The van der Waals surface area contributed by atoms with Gasteiger partial charge in [0.05, 0.1) is 6.10 Å². The average Bonchev–Trinajstić information content (AvgIpc) is 2.50. The molecule has 0 aliphatic heterocycles. The van der Waals surface area contributed by atoms with Gasteiger partial charge in [-0.15, -0.1) is 0 Å². The first kappa shape index (κ1) is 25.4. The van der Waals surface area contributed by atoms with E-state index >= 15 is 0 Å². The van der Waals surface area contributed by atoms with Gasteiger partial charge in [-0.05, 0) is 55.3 Å². The molecule has 0 N–H and O–H groups in total. The van der Waals surface area contributed by atoms with Gasteiger partial charge in [-0.2, -0.15) is 0 Å².